The number of carbonyl (C=O) groups is 15. The molecule has 3 aliphatic heterocycles. The van der Waals surface area contributed by atoms with Crippen molar-refractivity contribution in [2.75, 3.05) is 19.6 Å². The number of aliphatic hydroxyl groups is 2. The Kier molecular flexibility index (Phi) is 41.0. The van der Waals surface area contributed by atoms with E-state index in [-0.39, 0.29) is 74.8 Å². The highest BCUT2D eigenvalue weighted by atomic mass is 16.6. The zero-order chi connectivity index (χ0) is 95.0. The fraction of sp³-hybridized carbons (Fsp3) is 0.564. The van der Waals surface area contributed by atoms with Crippen LogP contribution in [0.15, 0.2) is 109 Å². The molecule has 0 radical (unpaired) electrons. The van der Waals surface area contributed by atoms with Crippen LogP contribution in [0, 0.1) is 35.5 Å². The van der Waals surface area contributed by atoms with E-state index in [9.17, 15) is 92.3 Å². The molecular weight excluding hydrogens is 1660 g/mol. The van der Waals surface area contributed by atoms with Crippen LogP contribution in [-0.2, 0) is 107 Å². The summed E-state index contributed by atoms with van der Waals surface area (Å²) in [6.07, 6.45) is 1.69. The monoisotopic (exact) mass is 1790 g/mol. The molecule has 5 aromatic rings. The van der Waals surface area contributed by atoms with Crippen LogP contribution in [0.1, 0.15) is 189 Å². The first-order valence-corrected chi connectivity index (χ1v) is 44.8. The number of carbonyl (C=O) groups excluding carboxylic acids is 15. The number of unbranched alkanes of at least 4 members (excludes halogenated alkanes) is 2. The van der Waals surface area contributed by atoms with Crippen molar-refractivity contribution in [2.45, 2.75) is 284 Å². The first-order chi connectivity index (χ1) is 61.1. The molecule has 0 bridgehead atoms. The van der Waals surface area contributed by atoms with E-state index in [0.717, 1.165) is 42.1 Å². The molecule has 35 nitrogen and oxygen atoms in total. The van der Waals surface area contributed by atoms with E-state index in [4.69, 9.17) is 15.2 Å². The predicted octanol–water partition coefficient (Wildman–Crippen LogP) is 3.75. The number of nitrogens with two attached hydrogens (primary N) is 1. The van der Waals surface area contributed by atoms with E-state index >= 15 is 0 Å². The Morgan fingerprint density at radius 3 is 1.66 bits per heavy atom. The number of fused-ring (bicyclic) bond motifs is 2. The number of para-hydroxylation sites is 1. The number of Topliss-reactive ketones (excluding diaryl/α,β-unsaturated/α-hetero) is 1. The number of cyclic esters (lactones) is 2. The van der Waals surface area contributed by atoms with Gasteiger partial charge < -0.3 is 99.1 Å². The van der Waals surface area contributed by atoms with E-state index in [1.54, 1.807) is 70.8 Å². The van der Waals surface area contributed by atoms with Crippen molar-refractivity contribution < 1.29 is 102 Å². The second-order valence-electron chi connectivity index (χ2n) is 35.8. The molecule has 0 aliphatic carbocycles. The lowest BCUT2D eigenvalue weighted by molar-refractivity contribution is -0.157. The van der Waals surface area contributed by atoms with Crippen molar-refractivity contribution >= 4 is 99.5 Å². The number of benzene rings is 4. The molecule has 4 aromatic carbocycles. The highest BCUT2D eigenvalue weighted by Gasteiger charge is 2.44. The third-order valence-corrected chi connectivity index (χ3v) is 23.3. The third-order valence-electron chi connectivity index (χ3n) is 23.3. The maximum atomic E-state index is 14.6. The van der Waals surface area contributed by atoms with Crippen LogP contribution >= 0.6 is 0 Å². The number of rotatable bonds is 28. The van der Waals surface area contributed by atoms with Crippen molar-refractivity contribution in [1.29, 1.82) is 0 Å². The minimum absolute atomic E-state index is 0.0197. The predicted molar refractivity (Wildman–Crippen MR) is 480 cm³/mol. The van der Waals surface area contributed by atoms with E-state index in [1.807, 2.05) is 62.4 Å². The van der Waals surface area contributed by atoms with Crippen molar-refractivity contribution in [2.24, 2.45) is 41.2 Å². The topological polar surface area (TPSA) is 533 Å². The summed E-state index contributed by atoms with van der Waals surface area (Å²) in [5, 5.41) is 71.3. The van der Waals surface area contributed by atoms with Gasteiger partial charge in [0, 0.05) is 68.2 Å². The first kappa shape index (κ1) is 104. The summed E-state index contributed by atoms with van der Waals surface area (Å²) in [6, 6.07) is 13.4. The number of nitrogens with zero attached hydrogens (tertiary/aromatic N) is 1. The number of hydrogen-bond donors (Lipinski definition) is 17. The van der Waals surface area contributed by atoms with E-state index in [0.29, 0.717) is 60.6 Å². The number of primary amides is 1. The number of ether oxygens (including phenoxy) is 2. The number of aromatic nitrogens is 1. The van der Waals surface area contributed by atoms with Crippen LogP contribution in [-0.4, -0.2) is 229 Å². The van der Waals surface area contributed by atoms with Gasteiger partial charge in [-0.1, -0.05) is 174 Å². The second kappa shape index (κ2) is 50.8. The van der Waals surface area contributed by atoms with Crippen molar-refractivity contribution in [3.8, 4) is 11.5 Å². The van der Waals surface area contributed by atoms with E-state index < -0.39 is 204 Å². The van der Waals surface area contributed by atoms with Gasteiger partial charge in [0.15, 0.2) is 0 Å². The summed E-state index contributed by atoms with van der Waals surface area (Å²) in [7, 11) is 0. The smallest absolute Gasteiger partial charge is 0.329 e. The van der Waals surface area contributed by atoms with Crippen molar-refractivity contribution in [3.63, 3.8) is 0 Å². The maximum absolute atomic E-state index is 14.6. The average Bonchev–Trinajstić information content (AvgIpc) is 1.62. The lowest BCUT2D eigenvalue weighted by atomic mass is 9.90. The molecule has 1 aromatic heterocycles. The van der Waals surface area contributed by atoms with Crippen LogP contribution in [0.5, 0.6) is 11.5 Å². The number of ketones is 1. The van der Waals surface area contributed by atoms with Crippen LogP contribution in [0.3, 0.4) is 0 Å². The first-order valence-electron chi connectivity index (χ1n) is 44.8. The third kappa shape index (κ3) is 33.3. The molecule has 0 saturated carbocycles. The summed E-state index contributed by atoms with van der Waals surface area (Å²) >= 11 is 0. The molecule has 3 fully saturated rings. The molecule has 17 atom stereocenters. The second-order valence-corrected chi connectivity index (χ2v) is 35.8. The highest BCUT2D eigenvalue weighted by Crippen LogP contribution is 2.28. The minimum atomic E-state index is -1.68. The lowest BCUT2D eigenvalue weighted by Crippen LogP contribution is -2.62. The zero-order valence-corrected chi connectivity index (χ0v) is 76.2. The van der Waals surface area contributed by atoms with Gasteiger partial charge in [-0.15, -0.1) is 0 Å². The molecule has 12 amide bonds. The number of esters is 2. The maximum Gasteiger partial charge on any atom is 0.329 e. The molecule has 706 valence electrons. The normalized spacial score (nSPS) is 25.0. The standard InChI is InChI=1S/C48H68N8O11.C46H66N6O10/c1-9-27(6)40-45(63)54-39(26(4)5)48(66)67-29(8)42(53-38(60)24-50-37(59)16-12-13-25(2)3)47(65)52-35(21-30-17-19-32(58)20-18-30)43(61)51-36(44(62)56-41(28(7)57)46(64)55-40)22-31-23-49-34-15-11-10-14-33(31)34;1-27(2)12-8-6-11-15-35-23-39(55)32(20-30-13-9-7-10-14-30)25-52-26-34(54)22-38(52)44(59)48-29(5)42(57)51-41(28(3)4)45(60)49-36(24-40(47)56)43(58)50-37(46(61)62-35)21-31-16-18-33(53)19-17-31/h10-11,14-15,17-20,23,25-29,35-36,39-42,49,57-58H,9,12-13,16,21-22,24H2,1-8H3,(H,50,59)(H,51,61)(H,52,65)(H,53,60)(H,54,63)(H,55,64)(H,56,62);7,9-10,13-14,16-19,27-29,32,34-38,41,53-54H,6,8,11-12,15,20-26H2,1-5H3,(H2,47,56)(H,48,59)(H,49,60)(H,50,58)(H,51,57)/t27?,28?,29?,35-,36-,39+,40+,41?,42?;29-,32-,34-,35?,36-,37+,38+,41+/m11/s1. The quantitative estimate of drug-likeness (QED) is 0.0250. The molecular formula is C94H134N14O21. The molecule has 3 aliphatic rings. The van der Waals surface area contributed by atoms with Gasteiger partial charge in [-0.3, -0.25) is 67.2 Å². The van der Waals surface area contributed by atoms with Gasteiger partial charge in [0.25, 0.3) is 0 Å². The van der Waals surface area contributed by atoms with E-state index in [1.165, 1.54) is 57.2 Å². The highest BCUT2D eigenvalue weighted by molar-refractivity contribution is 6.00. The summed E-state index contributed by atoms with van der Waals surface area (Å²) in [5.41, 5.74) is 8.74. The molecule has 129 heavy (non-hydrogen) atoms. The molecule has 35 heteroatoms. The fourth-order valence-electron chi connectivity index (χ4n) is 15.5. The van der Waals surface area contributed by atoms with Crippen LogP contribution in [0.4, 0.5) is 0 Å². The SMILES string of the molecule is CC(C)CCCCCC1CC(=O)[C@H](Cc2ccccc2)CN2C[C@H](O)C[C@H]2C(=O)N[C@H](C)C(=O)N[C@@H](C(C)C)C(=O)N[C@H](CC(N)=O)C(=O)N[C@@H](Cc2ccc(O)cc2)C(=O)O1.CCC(C)[C@@H]1NC(=O)C(C(C)O)NC(=O)[C@@H](Cc2c[nH]c3ccccc23)NC(=O)[C@@H](Cc2ccc(O)cc2)NC(=O)C(NC(=O)CNC(=O)CCCC(C)C)C(C)OC(=O)[C@H](C(C)C)NC1=O. The largest absolute Gasteiger partial charge is 0.508 e. The number of nitrogens with one attached hydrogen (secondary N) is 12. The van der Waals surface area contributed by atoms with Gasteiger partial charge in [0.1, 0.15) is 89.9 Å². The summed E-state index contributed by atoms with van der Waals surface area (Å²) < 4.78 is 12.0. The van der Waals surface area contributed by atoms with Gasteiger partial charge in [0.05, 0.1) is 31.2 Å². The summed E-state index contributed by atoms with van der Waals surface area (Å²) in [5.74, 6) is -13.2. The van der Waals surface area contributed by atoms with Crippen LogP contribution < -0.4 is 64.2 Å². The minimum Gasteiger partial charge on any atom is -0.508 e. The van der Waals surface area contributed by atoms with Crippen molar-refractivity contribution in [3.05, 3.63) is 132 Å². The van der Waals surface area contributed by atoms with Gasteiger partial charge in [-0.2, -0.15) is 0 Å². The number of phenolic OH excluding ortho intramolecular Hbond substituents is 2. The summed E-state index contributed by atoms with van der Waals surface area (Å²) in [6.45, 7) is 22.1. The van der Waals surface area contributed by atoms with Gasteiger partial charge >= 0.3 is 11.9 Å². The Morgan fingerprint density at radius 1 is 0.519 bits per heavy atom. The Balaban J connectivity index is 0.000000354. The average molecular weight is 1800 g/mol. The van der Waals surface area contributed by atoms with Crippen molar-refractivity contribution in [1.82, 2.24) is 68.4 Å². The molecule has 8 rings (SSSR count). The molecule has 6 unspecified atom stereocenters. The van der Waals surface area contributed by atoms with Gasteiger partial charge in [0.2, 0.25) is 70.9 Å². The van der Waals surface area contributed by atoms with Crippen LogP contribution in [0.25, 0.3) is 10.9 Å². The number of aliphatic hydroxyl groups excluding tert-OH is 2. The fourth-order valence-corrected chi connectivity index (χ4v) is 15.5. The lowest BCUT2D eigenvalue weighted by Gasteiger charge is -2.31. The Bertz CT molecular complexity index is 4620. The number of H-pyrrole nitrogens is 1. The van der Waals surface area contributed by atoms with Gasteiger partial charge in [-0.05, 0) is 135 Å². The number of hydrogen-bond acceptors (Lipinski definition) is 22. The van der Waals surface area contributed by atoms with Crippen LogP contribution in [0.2, 0.25) is 0 Å². The molecule has 4 heterocycles. The number of amides is 12. The van der Waals surface area contributed by atoms with E-state index in [2.05, 4.69) is 77.3 Å². The Labute approximate surface area is 753 Å². The molecule has 0 spiro atoms. The Morgan fingerprint density at radius 2 is 1.05 bits per heavy atom. The number of aromatic amines is 1. The summed E-state index contributed by atoms with van der Waals surface area (Å²) in [4.78, 5) is 213. The number of aromatic hydroxyl groups is 2. The zero-order valence-electron chi connectivity index (χ0n) is 76.2. The Hall–Kier alpha value is -11.9. The molecule has 18 N–H and O–H groups in total. The molecule has 3 saturated heterocycles. The van der Waals surface area contributed by atoms with Gasteiger partial charge in [-0.25, -0.2) is 9.59 Å². The number of phenols is 2.